The van der Waals surface area contributed by atoms with Crippen LogP contribution >= 0.6 is 0 Å². The van der Waals surface area contributed by atoms with Crippen molar-refractivity contribution in [2.75, 3.05) is 11.1 Å². The first kappa shape index (κ1) is 20.4. The van der Waals surface area contributed by atoms with Gasteiger partial charge in [-0.3, -0.25) is 10.1 Å². The Balaban J connectivity index is 1.68. The van der Waals surface area contributed by atoms with Crippen LogP contribution in [0.1, 0.15) is 5.56 Å². The summed E-state index contributed by atoms with van der Waals surface area (Å²) in [5.41, 5.74) is 6.35. The number of nitrogens with zero attached hydrogens (tertiary/aromatic N) is 5. The van der Waals surface area contributed by atoms with Crippen LogP contribution in [0.4, 0.5) is 30.6 Å². The minimum absolute atomic E-state index is 0.0201. The fourth-order valence-electron chi connectivity index (χ4n) is 3.35. The summed E-state index contributed by atoms with van der Waals surface area (Å²) in [6, 6.07) is 14.0. The number of aromatic nitrogens is 6. The minimum Gasteiger partial charge on any atom is -0.397 e. The molecule has 0 atom stereocenters. The number of nitrogens with one attached hydrogen (secondary N) is 2. The second-order valence-electron chi connectivity index (χ2n) is 7.10. The molecule has 2 aromatic carbocycles. The van der Waals surface area contributed by atoms with Crippen molar-refractivity contribution in [3.05, 3.63) is 72.6 Å². The van der Waals surface area contributed by atoms with Crippen molar-refractivity contribution in [2.24, 2.45) is 0 Å². The normalized spacial score (nSPS) is 11.6. The largest absolute Gasteiger partial charge is 0.417 e. The maximum absolute atomic E-state index is 13.7. The molecule has 33 heavy (non-hydrogen) atoms. The van der Waals surface area contributed by atoms with E-state index in [1.165, 1.54) is 30.6 Å². The van der Waals surface area contributed by atoms with E-state index in [4.69, 9.17) is 5.73 Å². The molecule has 3 aromatic heterocycles. The van der Waals surface area contributed by atoms with Gasteiger partial charge in [0.1, 0.15) is 0 Å². The second kappa shape index (κ2) is 7.86. The SMILES string of the molecule is Nc1cncc(-c2nc(Nc3n[nH]c4ccccc34)nc(-c3ccccc3C(F)(F)F)n2)c1. The van der Waals surface area contributed by atoms with E-state index in [1.807, 2.05) is 24.3 Å². The molecule has 8 nitrogen and oxygen atoms in total. The van der Waals surface area contributed by atoms with E-state index in [-0.39, 0.29) is 23.2 Å². The average Bonchev–Trinajstić information content (AvgIpc) is 3.21. The predicted octanol–water partition coefficient (Wildman–Crippen LogP) is 4.82. The molecule has 0 aliphatic rings. The van der Waals surface area contributed by atoms with Crippen molar-refractivity contribution >= 4 is 28.4 Å². The van der Waals surface area contributed by atoms with E-state index in [9.17, 15) is 13.2 Å². The maximum atomic E-state index is 13.7. The zero-order valence-corrected chi connectivity index (χ0v) is 16.8. The van der Waals surface area contributed by atoms with Gasteiger partial charge in [0.15, 0.2) is 17.5 Å². The molecule has 0 fully saturated rings. The van der Waals surface area contributed by atoms with Crippen LogP contribution in [0.3, 0.4) is 0 Å². The van der Waals surface area contributed by atoms with E-state index in [1.54, 1.807) is 6.07 Å². The van der Waals surface area contributed by atoms with Crippen molar-refractivity contribution in [3.8, 4) is 22.8 Å². The lowest BCUT2D eigenvalue weighted by atomic mass is 10.1. The van der Waals surface area contributed by atoms with Gasteiger partial charge in [-0.2, -0.15) is 28.2 Å². The lowest BCUT2D eigenvalue weighted by Crippen LogP contribution is -2.10. The molecule has 5 rings (SSSR count). The number of anilines is 3. The molecule has 0 bridgehead atoms. The molecular formula is C22H15F3N8. The van der Waals surface area contributed by atoms with Gasteiger partial charge in [0, 0.05) is 28.9 Å². The molecule has 3 heterocycles. The molecule has 164 valence electrons. The number of pyridine rings is 1. The first-order valence-electron chi connectivity index (χ1n) is 9.72. The summed E-state index contributed by atoms with van der Waals surface area (Å²) in [6.07, 6.45) is -1.67. The summed E-state index contributed by atoms with van der Waals surface area (Å²) >= 11 is 0. The van der Waals surface area contributed by atoms with Crippen LogP contribution in [-0.4, -0.2) is 30.1 Å². The van der Waals surface area contributed by atoms with Crippen LogP contribution in [0.5, 0.6) is 0 Å². The van der Waals surface area contributed by atoms with E-state index < -0.39 is 11.7 Å². The molecule has 0 radical (unpaired) electrons. The molecular weight excluding hydrogens is 433 g/mol. The number of hydrogen-bond acceptors (Lipinski definition) is 7. The van der Waals surface area contributed by atoms with Crippen molar-refractivity contribution in [1.82, 2.24) is 30.1 Å². The number of halogens is 3. The van der Waals surface area contributed by atoms with Gasteiger partial charge in [-0.1, -0.05) is 30.3 Å². The lowest BCUT2D eigenvalue weighted by Gasteiger charge is -2.13. The third kappa shape index (κ3) is 4.03. The Morgan fingerprint density at radius 3 is 2.45 bits per heavy atom. The molecule has 5 aromatic rings. The molecule has 0 aliphatic heterocycles. The molecule has 0 saturated carbocycles. The van der Waals surface area contributed by atoms with Crippen LogP contribution in [0.2, 0.25) is 0 Å². The highest BCUT2D eigenvalue weighted by Crippen LogP contribution is 2.36. The molecule has 0 saturated heterocycles. The Hall–Kier alpha value is -4.54. The van der Waals surface area contributed by atoms with Crippen molar-refractivity contribution in [3.63, 3.8) is 0 Å². The number of aromatic amines is 1. The summed E-state index contributed by atoms with van der Waals surface area (Å²) in [5, 5.41) is 10.8. The van der Waals surface area contributed by atoms with Gasteiger partial charge in [-0.25, -0.2) is 4.98 Å². The first-order valence-corrected chi connectivity index (χ1v) is 9.72. The number of para-hydroxylation sites is 1. The highest BCUT2D eigenvalue weighted by atomic mass is 19.4. The van der Waals surface area contributed by atoms with Crippen LogP contribution in [0, 0.1) is 0 Å². The average molecular weight is 448 g/mol. The number of rotatable bonds is 4. The summed E-state index contributed by atoms with van der Waals surface area (Å²) in [4.78, 5) is 17.0. The zero-order valence-electron chi connectivity index (χ0n) is 16.8. The topological polar surface area (TPSA) is 118 Å². The standard InChI is InChI=1S/C22H15F3N8/c23-22(24,25)16-7-3-1-5-14(16)19-28-18(12-9-13(26)11-27-10-12)29-21(30-19)31-20-15-6-2-4-8-17(15)32-33-20/h1-11H,26H2,(H2,28,29,30,31,32,33). The molecule has 0 spiro atoms. The Morgan fingerprint density at radius 2 is 1.64 bits per heavy atom. The minimum atomic E-state index is -4.59. The fourth-order valence-corrected chi connectivity index (χ4v) is 3.35. The summed E-state index contributed by atoms with van der Waals surface area (Å²) in [6.45, 7) is 0. The van der Waals surface area contributed by atoms with Crippen molar-refractivity contribution < 1.29 is 13.2 Å². The van der Waals surface area contributed by atoms with Crippen LogP contribution < -0.4 is 11.1 Å². The van der Waals surface area contributed by atoms with Gasteiger partial charge in [-0.05, 0) is 24.3 Å². The Labute approximate surface area is 184 Å². The highest BCUT2D eigenvalue weighted by molar-refractivity contribution is 5.90. The number of H-pyrrole nitrogens is 1. The molecule has 4 N–H and O–H groups in total. The number of nitrogen functional groups attached to an aromatic ring is 1. The number of benzene rings is 2. The highest BCUT2D eigenvalue weighted by Gasteiger charge is 2.34. The Morgan fingerprint density at radius 1 is 0.879 bits per heavy atom. The number of fused-ring (bicyclic) bond motifs is 1. The molecule has 0 aliphatic carbocycles. The van der Waals surface area contributed by atoms with Crippen LogP contribution in [-0.2, 0) is 6.18 Å². The number of hydrogen-bond donors (Lipinski definition) is 3. The third-order valence-corrected chi connectivity index (χ3v) is 4.83. The summed E-state index contributed by atoms with van der Waals surface area (Å²) in [5.74, 6) is 0.395. The Kier molecular flexibility index (Phi) is 4.85. The smallest absolute Gasteiger partial charge is 0.397 e. The van der Waals surface area contributed by atoms with E-state index in [2.05, 4.69) is 35.5 Å². The second-order valence-corrected chi connectivity index (χ2v) is 7.10. The Bertz CT molecular complexity index is 1460. The number of nitrogens with two attached hydrogens (primary N) is 1. The predicted molar refractivity (Wildman–Crippen MR) is 117 cm³/mol. The van der Waals surface area contributed by atoms with Gasteiger partial charge in [-0.15, -0.1) is 0 Å². The fraction of sp³-hybridized carbons (Fsp3) is 0.0455. The third-order valence-electron chi connectivity index (χ3n) is 4.83. The van der Waals surface area contributed by atoms with Gasteiger partial charge < -0.3 is 11.1 Å². The van der Waals surface area contributed by atoms with Gasteiger partial charge >= 0.3 is 6.18 Å². The molecule has 0 amide bonds. The zero-order chi connectivity index (χ0) is 23.0. The lowest BCUT2D eigenvalue weighted by molar-refractivity contribution is -0.137. The summed E-state index contributed by atoms with van der Waals surface area (Å²) in [7, 11) is 0. The van der Waals surface area contributed by atoms with E-state index >= 15 is 0 Å². The molecule has 11 heteroatoms. The van der Waals surface area contributed by atoms with E-state index in [0.29, 0.717) is 17.1 Å². The number of alkyl halides is 3. The van der Waals surface area contributed by atoms with Gasteiger partial charge in [0.2, 0.25) is 5.95 Å². The van der Waals surface area contributed by atoms with E-state index in [0.717, 1.165) is 17.0 Å². The van der Waals surface area contributed by atoms with Crippen LogP contribution in [0.15, 0.2) is 67.0 Å². The first-order chi connectivity index (χ1) is 15.9. The quantitative estimate of drug-likeness (QED) is 0.361. The van der Waals surface area contributed by atoms with Crippen molar-refractivity contribution in [1.29, 1.82) is 0 Å². The van der Waals surface area contributed by atoms with Crippen LogP contribution in [0.25, 0.3) is 33.7 Å². The molecule has 0 unspecified atom stereocenters. The monoisotopic (exact) mass is 448 g/mol. The summed E-state index contributed by atoms with van der Waals surface area (Å²) < 4.78 is 41.0. The van der Waals surface area contributed by atoms with Crippen molar-refractivity contribution in [2.45, 2.75) is 6.18 Å². The van der Waals surface area contributed by atoms with Gasteiger partial charge in [0.05, 0.1) is 16.8 Å². The van der Waals surface area contributed by atoms with Gasteiger partial charge in [0.25, 0.3) is 0 Å². The maximum Gasteiger partial charge on any atom is 0.417 e.